The van der Waals surface area contributed by atoms with E-state index in [1.54, 1.807) is 14.2 Å². The van der Waals surface area contributed by atoms with Crippen LogP contribution in [0.15, 0.2) is 23.4 Å². The molecule has 1 atom stereocenters. The molecule has 8 heteroatoms. The van der Waals surface area contributed by atoms with Crippen LogP contribution in [0.1, 0.15) is 56.0 Å². The zero-order chi connectivity index (χ0) is 20.4. The third kappa shape index (κ3) is 4.08. The Morgan fingerprint density at radius 3 is 2.72 bits per heavy atom. The van der Waals surface area contributed by atoms with Gasteiger partial charge in [-0.05, 0) is 50.8 Å². The normalized spacial score (nSPS) is 18.9. The molecule has 1 aliphatic carbocycles. The van der Waals surface area contributed by atoms with Crippen LogP contribution >= 0.6 is 11.8 Å². The predicted octanol–water partition coefficient (Wildman–Crippen LogP) is 3.65. The minimum absolute atomic E-state index is 0.0132. The summed E-state index contributed by atoms with van der Waals surface area (Å²) in [5.74, 6) is 3.69. The quantitative estimate of drug-likeness (QED) is 0.612. The summed E-state index contributed by atoms with van der Waals surface area (Å²) in [5, 5.41) is 9.55. The van der Waals surface area contributed by atoms with Crippen LogP contribution in [0.25, 0.3) is 0 Å². The highest BCUT2D eigenvalue weighted by Gasteiger charge is 2.33. The van der Waals surface area contributed by atoms with Crippen molar-refractivity contribution in [2.75, 3.05) is 26.5 Å². The molecule has 2 aromatic rings. The molecule has 1 amide bonds. The number of aromatic nitrogens is 3. The van der Waals surface area contributed by atoms with E-state index in [0.29, 0.717) is 11.7 Å². The van der Waals surface area contributed by atoms with Gasteiger partial charge in [-0.1, -0.05) is 11.8 Å². The summed E-state index contributed by atoms with van der Waals surface area (Å²) in [6.07, 6.45) is 4.30. The fraction of sp³-hybridized carbons (Fsp3) is 0.571. The van der Waals surface area contributed by atoms with Crippen LogP contribution in [-0.4, -0.2) is 52.1 Å². The van der Waals surface area contributed by atoms with Crippen molar-refractivity contribution in [1.82, 2.24) is 19.7 Å². The molecule has 2 fully saturated rings. The van der Waals surface area contributed by atoms with Crippen LogP contribution in [0, 0.1) is 0 Å². The number of likely N-dealkylation sites (tertiary alicyclic amines) is 1. The highest BCUT2D eigenvalue weighted by Crippen LogP contribution is 2.41. The van der Waals surface area contributed by atoms with Gasteiger partial charge in [0.05, 0.1) is 26.0 Å². The monoisotopic (exact) mass is 416 g/mol. The third-order valence-electron chi connectivity index (χ3n) is 5.70. The largest absolute Gasteiger partial charge is 0.497 e. The Kier molecular flexibility index (Phi) is 5.99. The number of carbonyl (C=O) groups excluding carboxylic acids is 1. The van der Waals surface area contributed by atoms with E-state index < -0.39 is 0 Å². The molecule has 4 rings (SSSR count). The number of rotatable bonds is 8. The Labute approximate surface area is 175 Å². The molecule has 1 aromatic carbocycles. The maximum atomic E-state index is 13.1. The lowest BCUT2D eigenvalue weighted by atomic mass is 10.0. The first-order chi connectivity index (χ1) is 14.2. The van der Waals surface area contributed by atoms with Crippen LogP contribution < -0.4 is 9.47 Å². The van der Waals surface area contributed by atoms with E-state index >= 15 is 0 Å². The van der Waals surface area contributed by atoms with E-state index in [-0.39, 0.29) is 11.9 Å². The van der Waals surface area contributed by atoms with Gasteiger partial charge < -0.3 is 18.9 Å². The average Bonchev–Trinajstić information content (AvgIpc) is 3.33. The van der Waals surface area contributed by atoms with Crippen LogP contribution in [0.5, 0.6) is 11.5 Å². The standard InChI is InChI=1S/C21H28N4O3S/c1-4-24-20(14-7-8-14)22-23-21(24)29-13-19(26)25-11-5-6-17(25)16-12-15(27-2)9-10-18(16)28-3/h9-10,12,14,17H,4-8,11,13H2,1-3H3/t17-/m1/s1. The highest BCUT2D eigenvalue weighted by molar-refractivity contribution is 7.99. The van der Waals surface area contributed by atoms with Crippen LogP contribution in [0.2, 0.25) is 0 Å². The van der Waals surface area contributed by atoms with E-state index in [0.717, 1.165) is 54.0 Å². The molecule has 0 radical (unpaired) electrons. The molecule has 2 heterocycles. The number of hydrogen-bond acceptors (Lipinski definition) is 6. The zero-order valence-corrected chi connectivity index (χ0v) is 18.1. The van der Waals surface area contributed by atoms with Crippen molar-refractivity contribution in [3.05, 3.63) is 29.6 Å². The van der Waals surface area contributed by atoms with Gasteiger partial charge in [0, 0.05) is 24.6 Å². The lowest BCUT2D eigenvalue weighted by molar-refractivity contribution is -0.129. The number of carbonyl (C=O) groups is 1. The molecule has 1 aromatic heterocycles. The second-order valence-electron chi connectivity index (χ2n) is 7.50. The Hall–Kier alpha value is -2.22. The summed E-state index contributed by atoms with van der Waals surface area (Å²) >= 11 is 1.49. The van der Waals surface area contributed by atoms with Gasteiger partial charge in [-0.3, -0.25) is 4.79 Å². The van der Waals surface area contributed by atoms with Crippen molar-refractivity contribution in [1.29, 1.82) is 0 Å². The summed E-state index contributed by atoms with van der Waals surface area (Å²) in [4.78, 5) is 15.1. The van der Waals surface area contributed by atoms with Gasteiger partial charge in [-0.15, -0.1) is 10.2 Å². The molecular weight excluding hydrogens is 388 g/mol. The number of nitrogens with zero attached hydrogens (tertiary/aromatic N) is 4. The fourth-order valence-electron chi connectivity index (χ4n) is 4.05. The molecule has 0 bridgehead atoms. The number of benzene rings is 1. The van der Waals surface area contributed by atoms with Crippen LogP contribution in [0.4, 0.5) is 0 Å². The van der Waals surface area contributed by atoms with Crippen LogP contribution in [-0.2, 0) is 11.3 Å². The molecular formula is C21H28N4O3S. The minimum Gasteiger partial charge on any atom is -0.497 e. The van der Waals surface area contributed by atoms with E-state index in [4.69, 9.17) is 9.47 Å². The van der Waals surface area contributed by atoms with Crippen molar-refractivity contribution in [2.24, 2.45) is 0 Å². The number of ether oxygens (including phenoxy) is 2. The molecule has 1 saturated carbocycles. The number of methoxy groups -OCH3 is 2. The first kappa shape index (κ1) is 20.1. The molecule has 7 nitrogen and oxygen atoms in total. The molecule has 0 spiro atoms. The molecule has 1 saturated heterocycles. The molecule has 0 unspecified atom stereocenters. The maximum absolute atomic E-state index is 13.1. The van der Waals surface area contributed by atoms with Crippen molar-refractivity contribution in [3.8, 4) is 11.5 Å². The van der Waals surface area contributed by atoms with Gasteiger partial charge in [0.1, 0.15) is 17.3 Å². The minimum atomic E-state index is 0.0132. The molecule has 0 N–H and O–H groups in total. The Morgan fingerprint density at radius 1 is 1.21 bits per heavy atom. The van der Waals surface area contributed by atoms with Crippen LogP contribution in [0.3, 0.4) is 0 Å². The molecule has 1 aliphatic heterocycles. The zero-order valence-electron chi connectivity index (χ0n) is 17.3. The Morgan fingerprint density at radius 2 is 2.03 bits per heavy atom. The van der Waals surface area contributed by atoms with Crippen molar-refractivity contribution in [2.45, 2.75) is 56.3 Å². The number of hydrogen-bond donors (Lipinski definition) is 0. The van der Waals surface area contributed by atoms with E-state index in [2.05, 4.69) is 21.7 Å². The lowest BCUT2D eigenvalue weighted by Crippen LogP contribution is -2.32. The fourth-order valence-corrected chi connectivity index (χ4v) is 4.94. The van der Waals surface area contributed by atoms with Gasteiger partial charge >= 0.3 is 0 Å². The highest BCUT2D eigenvalue weighted by atomic mass is 32.2. The summed E-state index contributed by atoms with van der Waals surface area (Å²) in [6, 6.07) is 5.79. The maximum Gasteiger partial charge on any atom is 0.233 e. The summed E-state index contributed by atoms with van der Waals surface area (Å²) in [7, 11) is 3.32. The first-order valence-electron chi connectivity index (χ1n) is 10.2. The van der Waals surface area contributed by atoms with E-state index in [1.165, 1.54) is 24.6 Å². The van der Waals surface area contributed by atoms with Crippen molar-refractivity contribution >= 4 is 17.7 Å². The number of thioether (sulfide) groups is 1. The van der Waals surface area contributed by atoms with Crippen molar-refractivity contribution in [3.63, 3.8) is 0 Å². The van der Waals surface area contributed by atoms with Gasteiger partial charge in [-0.2, -0.15) is 0 Å². The lowest BCUT2D eigenvalue weighted by Gasteiger charge is -2.26. The smallest absolute Gasteiger partial charge is 0.233 e. The summed E-state index contributed by atoms with van der Waals surface area (Å²) in [5.41, 5.74) is 1.01. The molecule has 156 valence electrons. The second kappa shape index (κ2) is 8.65. The Bertz CT molecular complexity index is 881. The third-order valence-corrected chi connectivity index (χ3v) is 6.65. The SMILES string of the molecule is CCn1c(SCC(=O)N2CCC[C@@H]2c2cc(OC)ccc2OC)nnc1C1CC1. The van der Waals surface area contributed by atoms with Gasteiger partial charge in [0.15, 0.2) is 5.16 Å². The Balaban J connectivity index is 1.47. The summed E-state index contributed by atoms with van der Waals surface area (Å²) in [6.45, 7) is 3.70. The van der Waals surface area contributed by atoms with Gasteiger partial charge in [0.25, 0.3) is 0 Å². The van der Waals surface area contributed by atoms with E-state index in [1.807, 2.05) is 23.1 Å². The van der Waals surface area contributed by atoms with Crippen molar-refractivity contribution < 1.29 is 14.3 Å². The second-order valence-corrected chi connectivity index (χ2v) is 8.44. The molecule has 29 heavy (non-hydrogen) atoms. The van der Waals surface area contributed by atoms with Gasteiger partial charge in [-0.25, -0.2) is 0 Å². The predicted molar refractivity (Wildman–Crippen MR) is 112 cm³/mol. The topological polar surface area (TPSA) is 69.5 Å². The van der Waals surface area contributed by atoms with E-state index in [9.17, 15) is 4.79 Å². The first-order valence-corrected chi connectivity index (χ1v) is 11.2. The van der Waals surface area contributed by atoms with Gasteiger partial charge in [0.2, 0.25) is 5.91 Å². The number of amides is 1. The summed E-state index contributed by atoms with van der Waals surface area (Å²) < 4.78 is 13.1. The average molecular weight is 417 g/mol. The molecule has 2 aliphatic rings.